The van der Waals surface area contributed by atoms with Crippen LogP contribution in [0.25, 0.3) is 16.9 Å². The van der Waals surface area contributed by atoms with Crippen molar-refractivity contribution in [3.63, 3.8) is 0 Å². The number of aryl methyl sites for hydroxylation is 1. The lowest BCUT2D eigenvalue weighted by Gasteiger charge is -2.13. The van der Waals surface area contributed by atoms with Gasteiger partial charge in [0.1, 0.15) is 0 Å². The van der Waals surface area contributed by atoms with Gasteiger partial charge in [0.2, 0.25) is 0 Å². The zero-order valence-corrected chi connectivity index (χ0v) is 16.2. The highest BCUT2D eigenvalue weighted by molar-refractivity contribution is 5.94. The number of halogens is 3. The summed E-state index contributed by atoms with van der Waals surface area (Å²) in [5, 5.41) is 14.1. The van der Waals surface area contributed by atoms with Gasteiger partial charge in [-0.1, -0.05) is 24.3 Å². The minimum Gasteiger partial charge on any atom is -0.391 e. The number of hydrogen-bond donors (Lipinski definition) is 1. The summed E-state index contributed by atoms with van der Waals surface area (Å²) in [6, 6.07) is 13.8. The van der Waals surface area contributed by atoms with Crippen LogP contribution in [0.5, 0.6) is 0 Å². The third kappa shape index (κ3) is 3.95. The molecule has 1 N–H and O–H groups in total. The number of rotatable bonds is 3. The molecule has 3 aromatic rings. The quantitative estimate of drug-likeness (QED) is 0.702. The number of β-amino-alcohol motifs (C(OH)–C–C–N with tert-alkyl or cyclic N) is 1. The van der Waals surface area contributed by atoms with Crippen molar-refractivity contribution in [1.82, 2.24) is 14.7 Å². The molecule has 0 aliphatic carbocycles. The second kappa shape index (κ2) is 7.60. The predicted molar refractivity (Wildman–Crippen MR) is 105 cm³/mol. The monoisotopic (exact) mass is 415 g/mol. The first-order valence-electron chi connectivity index (χ1n) is 9.54. The molecule has 1 atom stereocenters. The van der Waals surface area contributed by atoms with Crippen molar-refractivity contribution in [3.05, 3.63) is 71.4 Å². The van der Waals surface area contributed by atoms with Gasteiger partial charge >= 0.3 is 6.18 Å². The second-order valence-electron chi connectivity index (χ2n) is 7.44. The van der Waals surface area contributed by atoms with Crippen molar-refractivity contribution in [2.45, 2.75) is 25.6 Å². The third-order valence-electron chi connectivity index (χ3n) is 5.11. The van der Waals surface area contributed by atoms with Gasteiger partial charge < -0.3 is 10.0 Å². The van der Waals surface area contributed by atoms with Crippen LogP contribution < -0.4 is 0 Å². The topological polar surface area (TPSA) is 58.4 Å². The zero-order valence-electron chi connectivity index (χ0n) is 16.2. The Hall–Kier alpha value is -3.13. The molecule has 4 rings (SSSR count). The van der Waals surface area contributed by atoms with E-state index in [0.717, 1.165) is 17.7 Å². The van der Waals surface area contributed by atoms with Gasteiger partial charge in [0.05, 0.1) is 23.0 Å². The molecule has 1 saturated heterocycles. The van der Waals surface area contributed by atoms with E-state index in [0.29, 0.717) is 29.9 Å². The number of amides is 1. The fraction of sp³-hybridized carbons (Fsp3) is 0.273. The van der Waals surface area contributed by atoms with Crippen LogP contribution in [0.1, 0.15) is 28.0 Å². The van der Waals surface area contributed by atoms with Gasteiger partial charge in [0.25, 0.3) is 5.91 Å². The van der Waals surface area contributed by atoms with Crippen molar-refractivity contribution in [2.24, 2.45) is 0 Å². The molecule has 8 heteroatoms. The van der Waals surface area contributed by atoms with E-state index in [9.17, 15) is 23.1 Å². The van der Waals surface area contributed by atoms with Crippen LogP contribution in [0, 0.1) is 6.92 Å². The summed E-state index contributed by atoms with van der Waals surface area (Å²) >= 11 is 0. The normalized spacial score (nSPS) is 16.8. The van der Waals surface area contributed by atoms with Crippen LogP contribution in [0.2, 0.25) is 0 Å². The Balaban J connectivity index is 1.82. The first-order chi connectivity index (χ1) is 14.2. The number of aliphatic hydroxyl groups is 1. The summed E-state index contributed by atoms with van der Waals surface area (Å²) in [7, 11) is 0. The number of carbonyl (C=O) groups is 1. The number of nitrogens with zero attached hydrogens (tertiary/aromatic N) is 3. The molecule has 30 heavy (non-hydrogen) atoms. The SMILES string of the molecule is Cc1cccc(-n2nc(C(=O)N3CCC(O)C3)cc2-c2cccc(C(F)(F)F)c2)c1. The lowest BCUT2D eigenvalue weighted by molar-refractivity contribution is -0.137. The molecule has 2 heterocycles. The molecule has 1 aliphatic rings. The van der Waals surface area contributed by atoms with E-state index in [4.69, 9.17) is 0 Å². The number of likely N-dealkylation sites (tertiary alicyclic amines) is 1. The number of benzene rings is 2. The summed E-state index contributed by atoms with van der Waals surface area (Å²) in [6.07, 6.45) is -4.56. The smallest absolute Gasteiger partial charge is 0.391 e. The Bertz CT molecular complexity index is 1090. The fourth-order valence-electron chi connectivity index (χ4n) is 3.59. The molecule has 1 unspecified atom stereocenters. The van der Waals surface area contributed by atoms with Crippen LogP contribution in [0.15, 0.2) is 54.6 Å². The Morgan fingerprint density at radius 3 is 2.57 bits per heavy atom. The number of hydrogen-bond acceptors (Lipinski definition) is 3. The summed E-state index contributed by atoms with van der Waals surface area (Å²) < 4.78 is 41.2. The van der Waals surface area contributed by atoms with Crippen LogP contribution >= 0.6 is 0 Å². The van der Waals surface area contributed by atoms with Crippen molar-refractivity contribution in [1.29, 1.82) is 0 Å². The van der Waals surface area contributed by atoms with E-state index < -0.39 is 17.8 Å². The van der Waals surface area contributed by atoms with Gasteiger partial charge in [0, 0.05) is 18.7 Å². The minimum atomic E-state index is -4.48. The summed E-state index contributed by atoms with van der Waals surface area (Å²) in [6.45, 7) is 2.53. The number of carbonyl (C=O) groups excluding carboxylic acids is 1. The highest BCUT2D eigenvalue weighted by atomic mass is 19.4. The van der Waals surface area contributed by atoms with E-state index in [1.54, 1.807) is 12.1 Å². The molecular weight excluding hydrogens is 395 g/mol. The van der Waals surface area contributed by atoms with E-state index in [2.05, 4.69) is 5.10 Å². The molecule has 156 valence electrons. The second-order valence-corrected chi connectivity index (χ2v) is 7.44. The summed E-state index contributed by atoms with van der Waals surface area (Å²) in [5.74, 6) is -0.355. The van der Waals surface area contributed by atoms with Crippen molar-refractivity contribution in [3.8, 4) is 16.9 Å². The van der Waals surface area contributed by atoms with E-state index >= 15 is 0 Å². The van der Waals surface area contributed by atoms with Crippen molar-refractivity contribution < 1.29 is 23.1 Å². The number of alkyl halides is 3. The molecule has 1 amide bonds. The Morgan fingerprint density at radius 2 is 1.90 bits per heavy atom. The van der Waals surface area contributed by atoms with E-state index in [-0.39, 0.29) is 18.1 Å². The molecule has 0 radical (unpaired) electrons. The Kier molecular flexibility index (Phi) is 5.11. The number of aromatic nitrogens is 2. The zero-order chi connectivity index (χ0) is 21.5. The van der Waals surface area contributed by atoms with Crippen molar-refractivity contribution in [2.75, 3.05) is 13.1 Å². The molecule has 0 saturated carbocycles. The molecule has 2 aromatic carbocycles. The Labute approximate surface area is 171 Å². The molecule has 1 aromatic heterocycles. The standard InChI is InChI=1S/C22H20F3N3O2/c1-14-4-2-7-17(10-14)28-20(15-5-3-6-16(11-15)22(23,24)25)12-19(26-28)21(30)27-9-8-18(29)13-27/h2-7,10-12,18,29H,8-9,13H2,1H3. The van der Waals surface area contributed by atoms with Crippen LogP contribution in [-0.2, 0) is 6.18 Å². The average molecular weight is 415 g/mol. The van der Waals surface area contributed by atoms with Gasteiger partial charge in [-0.15, -0.1) is 0 Å². The average Bonchev–Trinajstić information content (AvgIpc) is 3.34. The molecule has 0 bridgehead atoms. The van der Waals surface area contributed by atoms with Gasteiger partial charge in [-0.3, -0.25) is 4.79 Å². The van der Waals surface area contributed by atoms with Gasteiger partial charge in [-0.25, -0.2) is 4.68 Å². The molecular formula is C22H20F3N3O2. The van der Waals surface area contributed by atoms with Crippen LogP contribution in [0.3, 0.4) is 0 Å². The Morgan fingerprint density at radius 1 is 1.13 bits per heavy atom. The molecule has 0 spiro atoms. The van der Waals surface area contributed by atoms with E-state index in [1.807, 2.05) is 25.1 Å². The maximum atomic E-state index is 13.2. The lowest BCUT2D eigenvalue weighted by Crippen LogP contribution is -2.29. The minimum absolute atomic E-state index is 0.123. The molecule has 1 fully saturated rings. The largest absolute Gasteiger partial charge is 0.416 e. The first kappa shape index (κ1) is 20.2. The van der Waals surface area contributed by atoms with Crippen LogP contribution in [0.4, 0.5) is 13.2 Å². The highest BCUT2D eigenvalue weighted by Crippen LogP contribution is 2.33. The third-order valence-corrected chi connectivity index (χ3v) is 5.11. The predicted octanol–water partition coefficient (Wildman–Crippen LogP) is 4.07. The summed E-state index contributed by atoms with van der Waals surface area (Å²) in [4.78, 5) is 14.4. The molecule has 5 nitrogen and oxygen atoms in total. The number of aliphatic hydroxyl groups excluding tert-OH is 1. The molecule has 1 aliphatic heterocycles. The van der Waals surface area contributed by atoms with Gasteiger partial charge in [-0.05, 0) is 49.2 Å². The van der Waals surface area contributed by atoms with E-state index in [1.165, 1.54) is 21.7 Å². The van der Waals surface area contributed by atoms with Crippen molar-refractivity contribution >= 4 is 5.91 Å². The maximum Gasteiger partial charge on any atom is 0.416 e. The fourth-order valence-corrected chi connectivity index (χ4v) is 3.59. The highest BCUT2D eigenvalue weighted by Gasteiger charge is 2.31. The van der Waals surface area contributed by atoms with Crippen LogP contribution in [-0.4, -0.2) is 44.9 Å². The van der Waals surface area contributed by atoms with Gasteiger partial charge in [-0.2, -0.15) is 18.3 Å². The van der Waals surface area contributed by atoms with Gasteiger partial charge in [0.15, 0.2) is 5.69 Å². The maximum absolute atomic E-state index is 13.2. The summed E-state index contributed by atoms with van der Waals surface area (Å²) in [5.41, 5.74) is 1.64. The lowest BCUT2D eigenvalue weighted by atomic mass is 10.1. The first-order valence-corrected chi connectivity index (χ1v) is 9.54.